The summed E-state index contributed by atoms with van der Waals surface area (Å²) in [6, 6.07) is 10.2. The maximum absolute atomic E-state index is 14.1. The quantitative estimate of drug-likeness (QED) is 0.578. The highest BCUT2D eigenvalue weighted by atomic mass is 19.1. The van der Waals surface area contributed by atoms with Crippen LogP contribution in [0.3, 0.4) is 0 Å². The van der Waals surface area contributed by atoms with Crippen molar-refractivity contribution in [2.24, 2.45) is 0 Å². The molecule has 0 unspecified atom stereocenters. The van der Waals surface area contributed by atoms with Crippen LogP contribution in [0.25, 0.3) is 17.0 Å². The van der Waals surface area contributed by atoms with Crippen LogP contribution in [0.4, 0.5) is 10.2 Å². The van der Waals surface area contributed by atoms with Gasteiger partial charge >= 0.3 is 0 Å². The van der Waals surface area contributed by atoms with Gasteiger partial charge in [0.25, 0.3) is 0 Å². The summed E-state index contributed by atoms with van der Waals surface area (Å²) in [4.78, 5) is 21.3. The van der Waals surface area contributed by atoms with E-state index in [4.69, 9.17) is 0 Å². The summed E-state index contributed by atoms with van der Waals surface area (Å²) in [6.45, 7) is 3.54. The molecule has 1 amide bonds. The molecule has 0 spiro atoms. The van der Waals surface area contributed by atoms with Crippen LogP contribution in [0, 0.1) is 5.82 Å². The molecule has 1 aliphatic heterocycles. The summed E-state index contributed by atoms with van der Waals surface area (Å²) in [7, 11) is 0. The van der Waals surface area contributed by atoms with Crippen LogP contribution in [0.1, 0.15) is 30.9 Å². The maximum Gasteiger partial charge on any atom is 0.237 e. The molecule has 0 saturated heterocycles. The fourth-order valence-corrected chi connectivity index (χ4v) is 3.39. The summed E-state index contributed by atoms with van der Waals surface area (Å²) < 4.78 is 15.8. The van der Waals surface area contributed by atoms with Crippen LogP contribution in [0.15, 0.2) is 42.6 Å². The van der Waals surface area contributed by atoms with Crippen molar-refractivity contribution in [2.75, 3.05) is 5.32 Å². The number of benzene rings is 1. The van der Waals surface area contributed by atoms with Crippen molar-refractivity contribution in [2.45, 2.75) is 25.7 Å². The number of halogens is 1. The van der Waals surface area contributed by atoms with Crippen molar-refractivity contribution in [3.05, 3.63) is 65.5 Å². The normalized spacial score (nSPS) is 14.8. The van der Waals surface area contributed by atoms with E-state index in [1.54, 1.807) is 48.8 Å². The second kappa shape index (κ2) is 6.13. The van der Waals surface area contributed by atoms with Gasteiger partial charge in [0.2, 0.25) is 11.7 Å². The Hall–Kier alpha value is -3.75. The van der Waals surface area contributed by atoms with Crippen molar-refractivity contribution in [1.29, 1.82) is 0 Å². The van der Waals surface area contributed by atoms with E-state index in [1.807, 2.05) is 6.07 Å². The van der Waals surface area contributed by atoms with Crippen molar-refractivity contribution in [1.82, 2.24) is 29.8 Å². The number of hydrogen-bond acceptors (Lipinski definition) is 6. The van der Waals surface area contributed by atoms with Crippen molar-refractivity contribution in [3.8, 4) is 11.5 Å². The number of imidazole rings is 1. The number of amides is 1. The third-order valence-electron chi connectivity index (χ3n) is 5.07. The first-order valence-electron chi connectivity index (χ1n) is 9.08. The second-order valence-corrected chi connectivity index (χ2v) is 7.38. The number of hydrogen-bond donors (Lipinski definition) is 1. The molecule has 29 heavy (non-hydrogen) atoms. The molecule has 0 fully saturated rings. The molecule has 144 valence electrons. The minimum atomic E-state index is -0.790. The lowest BCUT2D eigenvalue weighted by Gasteiger charge is -2.11. The molecule has 5 rings (SSSR count). The molecular weight excluding hydrogens is 373 g/mol. The monoisotopic (exact) mass is 389 g/mol. The molecule has 0 atom stereocenters. The van der Waals surface area contributed by atoms with Gasteiger partial charge in [0.1, 0.15) is 23.0 Å². The summed E-state index contributed by atoms with van der Waals surface area (Å²) in [5, 5.41) is 15.5. The number of fused-ring (bicyclic) bond motifs is 2. The fourth-order valence-electron chi connectivity index (χ4n) is 3.39. The maximum atomic E-state index is 14.1. The third kappa shape index (κ3) is 2.65. The predicted molar refractivity (Wildman–Crippen MR) is 103 cm³/mol. The standard InChI is InChI=1S/C20H16FN7O/c1-20(2)16-18(25-19(20)29)24-17(27-26-16)15-13-8-5-9-22-28(13)14(23-15)10-11-6-3-4-7-12(11)21/h3-9H,10H2,1-2H3,(H,24,25,27,29). The molecule has 4 aromatic rings. The van der Waals surface area contributed by atoms with Gasteiger partial charge in [-0.25, -0.2) is 18.9 Å². The van der Waals surface area contributed by atoms with E-state index in [0.29, 0.717) is 34.1 Å². The van der Waals surface area contributed by atoms with Gasteiger partial charge in [0.05, 0.1) is 10.9 Å². The lowest BCUT2D eigenvalue weighted by atomic mass is 9.91. The van der Waals surface area contributed by atoms with E-state index in [1.165, 1.54) is 6.07 Å². The summed E-state index contributed by atoms with van der Waals surface area (Å²) >= 11 is 0. The van der Waals surface area contributed by atoms with Gasteiger partial charge in [-0.1, -0.05) is 18.2 Å². The zero-order valence-electron chi connectivity index (χ0n) is 15.7. The van der Waals surface area contributed by atoms with Gasteiger partial charge < -0.3 is 5.32 Å². The highest BCUT2D eigenvalue weighted by Gasteiger charge is 2.42. The molecule has 0 radical (unpaired) electrons. The topological polar surface area (TPSA) is 98.0 Å². The molecule has 0 bridgehead atoms. The van der Waals surface area contributed by atoms with Crippen LogP contribution in [0.2, 0.25) is 0 Å². The Labute approximate surface area is 164 Å². The molecule has 1 aromatic carbocycles. The number of aromatic nitrogens is 6. The van der Waals surface area contributed by atoms with E-state index >= 15 is 0 Å². The Kier molecular flexibility index (Phi) is 3.67. The zero-order valence-corrected chi connectivity index (χ0v) is 15.7. The van der Waals surface area contributed by atoms with Crippen LogP contribution in [-0.4, -0.2) is 35.7 Å². The van der Waals surface area contributed by atoms with Gasteiger partial charge in [0.15, 0.2) is 5.82 Å². The van der Waals surface area contributed by atoms with E-state index in [2.05, 4.69) is 30.6 Å². The Bertz CT molecular complexity index is 1280. The molecule has 1 N–H and O–H groups in total. The van der Waals surface area contributed by atoms with Gasteiger partial charge in [-0.15, -0.1) is 10.2 Å². The Balaban J connectivity index is 1.63. The minimum absolute atomic E-state index is 0.178. The Morgan fingerprint density at radius 2 is 1.93 bits per heavy atom. The number of rotatable bonds is 3. The summed E-state index contributed by atoms with van der Waals surface area (Å²) in [6.07, 6.45) is 1.89. The Morgan fingerprint density at radius 1 is 1.10 bits per heavy atom. The third-order valence-corrected chi connectivity index (χ3v) is 5.07. The number of carbonyl (C=O) groups excluding carboxylic acids is 1. The molecule has 0 saturated carbocycles. The smallest absolute Gasteiger partial charge is 0.237 e. The first-order valence-corrected chi connectivity index (χ1v) is 9.08. The first kappa shape index (κ1) is 17.4. The lowest BCUT2D eigenvalue weighted by Crippen LogP contribution is -2.27. The van der Waals surface area contributed by atoms with E-state index in [0.717, 1.165) is 0 Å². The van der Waals surface area contributed by atoms with Crippen LogP contribution >= 0.6 is 0 Å². The fraction of sp³-hybridized carbons (Fsp3) is 0.200. The van der Waals surface area contributed by atoms with Gasteiger partial charge in [-0.2, -0.15) is 5.10 Å². The van der Waals surface area contributed by atoms with Crippen molar-refractivity contribution < 1.29 is 9.18 Å². The number of carbonyl (C=O) groups is 1. The number of anilines is 1. The molecule has 4 heterocycles. The van der Waals surface area contributed by atoms with Crippen molar-refractivity contribution >= 4 is 17.2 Å². The summed E-state index contributed by atoms with van der Waals surface area (Å²) in [5.74, 6) is 0.720. The average Bonchev–Trinajstić information content (AvgIpc) is 3.18. The van der Waals surface area contributed by atoms with Crippen molar-refractivity contribution in [3.63, 3.8) is 0 Å². The van der Waals surface area contributed by atoms with Crippen LogP contribution in [0.5, 0.6) is 0 Å². The highest BCUT2D eigenvalue weighted by Crippen LogP contribution is 2.35. The SMILES string of the molecule is CC1(C)C(=O)Nc2nc(-c3nc(Cc4ccccc4F)n4ncccc34)nnc21. The summed E-state index contributed by atoms with van der Waals surface area (Å²) in [5.41, 5.74) is 1.36. The highest BCUT2D eigenvalue weighted by molar-refractivity contribution is 6.04. The number of nitrogens with one attached hydrogen (secondary N) is 1. The average molecular weight is 389 g/mol. The molecule has 8 nitrogen and oxygen atoms in total. The van der Waals surface area contributed by atoms with Crippen LogP contribution in [-0.2, 0) is 16.6 Å². The van der Waals surface area contributed by atoms with Crippen LogP contribution < -0.4 is 5.32 Å². The molecule has 3 aromatic heterocycles. The molecule has 0 aliphatic carbocycles. The first-order chi connectivity index (χ1) is 13.9. The predicted octanol–water partition coefficient (Wildman–Crippen LogP) is 2.54. The van der Waals surface area contributed by atoms with E-state index < -0.39 is 5.41 Å². The molecular formula is C20H16FN7O. The van der Waals surface area contributed by atoms with Gasteiger partial charge in [-0.3, -0.25) is 4.79 Å². The zero-order chi connectivity index (χ0) is 20.2. The Morgan fingerprint density at radius 3 is 2.76 bits per heavy atom. The lowest BCUT2D eigenvalue weighted by molar-refractivity contribution is -0.119. The van der Waals surface area contributed by atoms with Gasteiger partial charge in [-0.05, 0) is 37.6 Å². The van der Waals surface area contributed by atoms with E-state index in [-0.39, 0.29) is 24.0 Å². The largest absolute Gasteiger partial charge is 0.308 e. The van der Waals surface area contributed by atoms with Gasteiger partial charge in [0, 0.05) is 12.6 Å². The number of nitrogens with zero attached hydrogens (tertiary/aromatic N) is 6. The molecule has 9 heteroatoms. The van der Waals surface area contributed by atoms with E-state index in [9.17, 15) is 9.18 Å². The second-order valence-electron chi connectivity index (χ2n) is 7.38. The molecule has 1 aliphatic rings. The minimum Gasteiger partial charge on any atom is -0.308 e.